The molecular weight excluding hydrogens is 158 g/mol. The first-order valence-electron chi connectivity index (χ1n) is 2.54. The summed E-state index contributed by atoms with van der Waals surface area (Å²) in [5.41, 5.74) is 4.94. The van der Waals surface area contributed by atoms with Gasteiger partial charge in [0, 0.05) is 0 Å². The van der Waals surface area contributed by atoms with E-state index in [0.29, 0.717) is 5.75 Å². The van der Waals surface area contributed by atoms with E-state index < -0.39 is 0 Å². The second kappa shape index (κ2) is 6.23. The molecule has 0 radical (unpaired) electrons. The Hall–Kier alpha value is 0.110. The number of nitrogens with two attached hydrogens (primary N) is 1. The third kappa shape index (κ3) is 8.11. The molecule has 0 aromatic heterocycles. The molecule has 1 atom stereocenters. The zero-order valence-corrected chi connectivity index (χ0v) is 7.26. The molecule has 0 aliphatic heterocycles. The van der Waals surface area contributed by atoms with Crippen LogP contribution in [0.1, 0.15) is 6.92 Å². The highest BCUT2D eigenvalue weighted by molar-refractivity contribution is 7.96. The second-order valence-corrected chi connectivity index (χ2v) is 4.11. The van der Waals surface area contributed by atoms with Crippen LogP contribution in [0.2, 0.25) is 0 Å². The van der Waals surface area contributed by atoms with Gasteiger partial charge in [0.25, 0.3) is 5.91 Å². The van der Waals surface area contributed by atoms with Crippen molar-refractivity contribution >= 4 is 16.8 Å². The fourth-order valence-corrected chi connectivity index (χ4v) is 1.03. The molecule has 0 aromatic carbocycles. The molecule has 1 unspecified atom stereocenters. The molecule has 0 saturated carbocycles. The molecule has 2 nitrogen and oxygen atoms in total. The Morgan fingerprint density at radius 2 is 2.11 bits per heavy atom. The summed E-state index contributed by atoms with van der Waals surface area (Å²) in [6.45, 7) is 2.06. The van der Waals surface area contributed by atoms with Crippen LogP contribution >= 0.6 is 0 Å². The maximum absolute atomic E-state index is 10.2. The number of primary amides is 1. The summed E-state index contributed by atoms with van der Waals surface area (Å²) in [4.78, 5) is 10.2. The van der Waals surface area contributed by atoms with Crippen molar-refractivity contribution in [3.8, 4) is 0 Å². The van der Waals surface area contributed by atoms with Gasteiger partial charge in [-0.05, 0) is 17.8 Å². The van der Waals surface area contributed by atoms with Gasteiger partial charge in [0.1, 0.15) is 5.75 Å². The number of carbonyl (C=O) groups is 1. The van der Waals surface area contributed by atoms with Gasteiger partial charge in [0.05, 0.1) is 6.26 Å². The molecule has 0 heterocycles. The molecule has 0 rings (SSSR count). The predicted molar refractivity (Wildman–Crippen MR) is 37.9 cm³/mol. The van der Waals surface area contributed by atoms with E-state index in [4.69, 9.17) is 5.73 Å². The first-order valence-corrected chi connectivity index (χ1v) is 4.51. The topological polar surface area (TPSA) is 43.1 Å². The summed E-state index contributed by atoms with van der Waals surface area (Å²) in [5.74, 6) is 1.43. The largest absolute Gasteiger partial charge is 1.00 e. The minimum atomic E-state index is -0.183. The number of carbonyl (C=O) groups excluding carboxylic acids is 1. The summed E-state index contributed by atoms with van der Waals surface area (Å²) >= 11 is 0. The van der Waals surface area contributed by atoms with Crippen molar-refractivity contribution in [1.82, 2.24) is 0 Å². The van der Waals surface area contributed by atoms with Crippen LogP contribution in [0, 0.1) is 0 Å². The van der Waals surface area contributed by atoms with Gasteiger partial charge in [-0.25, -0.2) is 0 Å². The lowest BCUT2D eigenvalue weighted by atomic mass is 10.8. The Bertz CT molecular complexity index is 89.0. The molecule has 0 aliphatic rings. The molecule has 0 bridgehead atoms. The number of amides is 1. The monoisotopic (exact) mass is 169 g/mol. The second-order valence-electron chi connectivity index (χ2n) is 1.68. The van der Waals surface area contributed by atoms with Gasteiger partial charge in [-0.1, -0.05) is 0 Å². The molecule has 0 saturated heterocycles. The van der Waals surface area contributed by atoms with E-state index in [1.165, 1.54) is 0 Å². The molecule has 1 amide bonds. The average Bonchev–Trinajstić information content (AvgIpc) is 1.65. The molecule has 0 fully saturated rings. The third-order valence-corrected chi connectivity index (χ3v) is 2.64. The summed E-state index contributed by atoms with van der Waals surface area (Å²) in [5, 5.41) is 0. The lowest BCUT2D eigenvalue weighted by molar-refractivity contribution is -0.115. The lowest BCUT2D eigenvalue weighted by Crippen LogP contribution is -3.00. The minimum Gasteiger partial charge on any atom is -1.00 e. The molecule has 9 heavy (non-hydrogen) atoms. The van der Waals surface area contributed by atoms with E-state index in [0.717, 1.165) is 5.75 Å². The molecule has 2 N–H and O–H groups in total. The van der Waals surface area contributed by atoms with E-state index in [-0.39, 0.29) is 29.2 Å². The van der Waals surface area contributed by atoms with Crippen molar-refractivity contribution in [1.29, 1.82) is 0 Å². The Labute approximate surface area is 64.9 Å². The highest BCUT2D eigenvalue weighted by Gasteiger charge is 2.09. The fraction of sp³-hybridized carbons (Fsp3) is 0.800. The van der Waals surface area contributed by atoms with Crippen molar-refractivity contribution in [2.75, 3.05) is 17.8 Å². The van der Waals surface area contributed by atoms with Crippen molar-refractivity contribution in [2.45, 2.75) is 6.92 Å². The van der Waals surface area contributed by atoms with E-state index >= 15 is 0 Å². The smallest absolute Gasteiger partial charge is 0.267 e. The number of hydrogen-bond donors (Lipinski definition) is 1. The first-order chi connectivity index (χ1) is 3.66. The lowest BCUT2D eigenvalue weighted by Gasteiger charge is -1.93. The van der Waals surface area contributed by atoms with Gasteiger partial charge >= 0.3 is 0 Å². The van der Waals surface area contributed by atoms with Crippen molar-refractivity contribution in [3.05, 3.63) is 0 Å². The van der Waals surface area contributed by atoms with Gasteiger partial charge < -0.3 is 18.1 Å². The molecular formula is C5H12ClNOS. The quantitative estimate of drug-likeness (QED) is 0.443. The van der Waals surface area contributed by atoms with Gasteiger partial charge in [0.2, 0.25) is 0 Å². The summed E-state index contributed by atoms with van der Waals surface area (Å²) in [6, 6.07) is 0. The molecule has 0 spiro atoms. The minimum absolute atomic E-state index is 0. The number of rotatable bonds is 3. The number of halogens is 1. The molecule has 0 aromatic rings. The van der Waals surface area contributed by atoms with E-state index in [1.807, 2.05) is 6.26 Å². The van der Waals surface area contributed by atoms with E-state index in [1.54, 1.807) is 0 Å². The maximum atomic E-state index is 10.2. The van der Waals surface area contributed by atoms with Gasteiger partial charge in [-0.2, -0.15) is 0 Å². The van der Waals surface area contributed by atoms with Crippen LogP contribution in [0.4, 0.5) is 0 Å². The van der Waals surface area contributed by atoms with Crippen molar-refractivity contribution in [3.63, 3.8) is 0 Å². The Kier molecular flexibility index (Phi) is 8.21. The zero-order valence-electron chi connectivity index (χ0n) is 5.69. The summed E-state index contributed by atoms with van der Waals surface area (Å²) in [7, 11) is 0.218. The number of hydrogen-bond acceptors (Lipinski definition) is 1. The van der Waals surface area contributed by atoms with Crippen LogP contribution < -0.4 is 18.1 Å². The Morgan fingerprint density at radius 1 is 1.67 bits per heavy atom. The van der Waals surface area contributed by atoms with E-state index in [9.17, 15) is 4.79 Å². The standard InChI is InChI=1S/C5H11NOS.ClH/c1-3-8(2)4-5(6)7;/h3-4H2,1-2H3,(H-,6,7);1H. The summed E-state index contributed by atoms with van der Waals surface area (Å²) < 4.78 is 0. The van der Waals surface area contributed by atoms with E-state index in [2.05, 4.69) is 6.92 Å². The van der Waals surface area contributed by atoms with Crippen molar-refractivity contribution < 1.29 is 17.2 Å². The highest BCUT2D eigenvalue weighted by atomic mass is 35.5. The predicted octanol–water partition coefficient (Wildman–Crippen LogP) is -3.26. The highest BCUT2D eigenvalue weighted by Crippen LogP contribution is 1.86. The van der Waals surface area contributed by atoms with Crippen LogP contribution in [0.5, 0.6) is 0 Å². The van der Waals surface area contributed by atoms with Gasteiger partial charge in [-0.15, -0.1) is 0 Å². The Balaban J connectivity index is 0. The zero-order chi connectivity index (χ0) is 6.57. The van der Waals surface area contributed by atoms with Crippen LogP contribution in [0.25, 0.3) is 0 Å². The SMILES string of the molecule is CC[S+](C)CC(N)=O.[Cl-]. The summed E-state index contributed by atoms with van der Waals surface area (Å²) in [6.07, 6.45) is 2.05. The maximum Gasteiger partial charge on any atom is 0.267 e. The average molecular weight is 170 g/mol. The van der Waals surface area contributed by atoms with Crippen LogP contribution in [0.15, 0.2) is 0 Å². The van der Waals surface area contributed by atoms with Gasteiger partial charge in [-0.3, -0.25) is 4.79 Å². The fourth-order valence-electron chi connectivity index (χ4n) is 0.345. The Morgan fingerprint density at radius 3 is 2.22 bits per heavy atom. The van der Waals surface area contributed by atoms with Crippen molar-refractivity contribution in [2.24, 2.45) is 5.73 Å². The third-order valence-electron chi connectivity index (χ3n) is 0.881. The normalized spacial score (nSPS) is 11.8. The van der Waals surface area contributed by atoms with Crippen LogP contribution in [0.3, 0.4) is 0 Å². The van der Waals surface area contributed by atoms with Crippen LogP contribution in [-0.4, -0.2) is 23.7 Å². The molecule has 4 heteroatoms. The molecule has 56 valence electrons. The van der Waals surface area contributed by atoms with Gasteiger partial charge in [0.15, 0.2) is 5.75 Å². The molecule has 0 aliphatic carbocycles. The first kappa shape index (κ1) is 11.9. The van der Waals surface area contributed by atoms with Crippen LogP contribution in [-0.2, 0) is 15.7 Å².